The summed E-state index contributed by atoms with van der Waals surface area (Å²) in [7, 11) is 1.64. The molecule has 0 aliphatic rings. The fourth-order valence-corrected chi connectivity index (χ4v) is 2.87. The second-order valence-electron chi connectivity index (χ2n) is 3.59. The third-order valence-corrected chi connectivity index (χ3v) is 4.02. The maximum atomic E-state index is 12.6. The summed E-state index contributed by atoms with van der Waals surface area (Å²) in [6.45, 7) is -1.39. The van der Waals surface area contributed by atoms with Crippen molar-refractivity contribution in [2.75, 3.05) is 20.3 Å². The summed E-state index contributed by atoms with van der Waals surface area (Å²) in [5.74, 6) is -4.11. The van der Waals surface area contributed by atoms with Gasteiger partial charge in [0.1, 0.15) is 6.61 Å². The number of hydrogen-bond donors (Lipinski definition) is 1. The maximum absolute atomic E-state index is 12.6. The van der Waals surface area contributed by atoms with Crippen LogP contribution >= 0.6 is 27.3 Å². The van der Waals surface area contributed by atoms with E-state index in [2.05, 4.69) is 26.0 Å². The number of ether oxygens (including phenoxy) is 1. The van der Waals surface area contributed by atoms with Crippen LogP contribution in [0.1, 0.15) is 11.6 Å². The molecule has 1 atom stereocenters. The lowest BCUT2D eigenvalue weighted by Crippen LogP contribution is -2.34. The van der Waals surface area contributed by atoms with Crippen molar-refractivity contribution in [3.63, 3.8) is 0 Å². The van der Waals surface area contributed by atoms with Crippen molar-refractivity contribution in [3.05, 3.63) is 20.8 Å². The number of rotatable bonds is 7. The molecule has 0 fully saturated rings. The zero-order valence-corrected chi connectivity index (χ0v) is 11.8. The van der Waals surface area contributed by atoms with Gasteiger partial charge in [-0.1, -0.05) is 0 Å². The summed E-state index contributed by atoms with van der Waals surface area (Å²) in [4.78, 5) is 0. The monoisotopic (exact) mass is 349 g/mol. The molecule has 1 N–H and O–H groups in total. The predicted octanol–water partition coefficient (Wildman–Crippen LogP) is 3.69. The Kier molecular flexibility index (Phi) is 6.03. The highest BCUT2D eigenvalue weighted by molar-refractivity contribution is 9.10. The second kappa shape index (κ2) is 6.83. The van der Waals surface area contributed by atoms with Gasteiger partial charge in [-0.05, 0) is 33.9 Å². The van der Waals surface area contributed by atoms with Crippen LogP contribution < -0.4 is 5.32 Å². The number of nitrogens with one attached hydrogen (secondary N) is 1. The van der Waals surface area contributed by atoms with Gasteiger partial charge in [-0.3, -0.25) is 0 Å². The van der Waals surface area contributed by atoms with Crippen molar-refractivity contribution < 1.29 is 22.3 Å². The molecule has 1 heterocycles. The van der Waals surface area contributed by atoms with Crippen molar-refractivity contribution in [1.82, 2.24) is 5.32 Å². The van der Waals surface area contributed by atoms with Crippen LogP contribution in [-0.2, 0) is 4.74 Å². The van der Waals surface area contributed by atoms with Crippen molar-refractivity contribution in [2.24, 2.45) is 0 Å². The lowest BCUT2D eigenvalue weighted by molar-refractivity contribution is -0.167. The van der Waals surface area contributed by atoms with Gasteiger partial charge >= 0.3 is 12.3 Å². The van der Waals surface area contributed by atoms with E-state index in [0.29, 0.717) is 0 Å². The van der Waals surface area contributed by atoms with Gasteiger partial charge in [0.2, 0.25) is 0 Å². The summed E-state index contributed by atoms with van der Waals surface area (Å²) in [6, 6.07) is -0.320. The Labute approximate surface area is 114 Å². The minimum Gasteiger partial charge on any atom is -0.373 e. The fraction of sp³-hybridized carbons (Fsp3) is 0.600. The lowest BCUT2D eigenvalue weighted by Gasteiger charge is -2.19. The SMILES string of the molecule is CNC(COCC(F)(F)C(F)F)c1cscc1Br. The van der Waals surface area contributed by atoms with E-state index in [1.54, 1.807) is 7.05 Å². The zero-order chi connectivity index (χ0) is 13.8. The summed E-state index contributed by atoms with van der Waals surface area (Å²) < 4.78 is 54.6. The number of alkyl halides is 4. The number of halogens is 5. The van der Waals surface area contributed by atoms with Crippen molar-refractivity contribution >= 4 is 27.3 Å². The number of hydrogen-bond acceptors (Lipinski definition) is 3. The van der Waals surface area contributed by atoms with Crippen LogP contribution in [0, 0.1) is 0 Å². The van der Waals surface area contributed by atoms with Crippen molar-refractivity contribution in [3.8, 4) is 0 Å². The summed E-state index contributed by atoms with van der Waals surface area (Å²) in [6.07, 6.45) is -3.71. The first kappa shape index (κ1) is 15.9. The second-order valence-corrected chi connectivity index (χ2v) is 5.19. The fourth-order valence-electron chi connectivity index (χ4n) is 1.24. The molecule has 1 aromatic rings. The highest BCUT2D eigenvalue weighted by Crippen LogP contribution is 2.28. The molecule has 104 valence electrons. The Morgan fingerprint density at radius 3 is 2.56 bits per heavy atom. The first-order valence-corrected chi connectivity index (χ1v) is 6.74. The molecule has 0 bridgehead atoms. The van der Waals surface area contributed by atoms with Gasteiger partial charge in [0.25, 0.3) is 0 Å². The van der Waals surface area contributed by atoms with Gasteiger partial charge in [-0.15, -0.1) is 0 Å². The Bertz CT molecular complexity index is 375. The summed E-state index contributed by atoms with van der Waals surface area (Å²) in [5, 5.41) is 6.55. The average molecular weight is 350 g/mol. The first-order chi connectivity index (χ1) is 8.38. The van der Waals surface area contributed by atoms with E-state index in [1.807, 2.05) is 10.8 Å². The standard InChI is InChI=1S/C10H12BrF4NOS/c1-16-8(6-3-18-4-7(6)11)2-17-5-10(14,15)9(12)13/h3-4,8-9,16H,2,5H2,1H3. The molecule has 18 heavy (non-hydrogen) atoms. The third-order valence-electron chi connectivity index (χ3n) is 2.26. The topological polar surface area (TPSA) is 21.3 Å². The van der Waals surface area contributed by atoms with E-state index in [-0.39, 0.29) is 12.6 Å². The van der Waals surface area contributed by atoms with Crippen LogP contribution in [0.15, 0.2) is 15.2 Å². The molecular weight excluding hydrogens is 338 g/mol. The molecule has 1 unspecified atom stereocenters. The minimum atomic E-state index is -4.11. The van der Waals surface area contributed by atoms with Gasteiger partial charge in [0.05, 0.1) is 12.6 Å². The van der Waals surface area contributed by atoms with E-state index in [1.165, 1.54) is 11.3 Å². The van der Waals surface area contributed by atoms with E-state index in [4.69, 9.17) is 0 Å². The Morgan fingerprint density at radius 1 is 1.44 bits per heavy atom. The van der Waals surface area contributed by atoms with Gasteiger partial charge in [0.15, 0.2) is 0 Å². The van der Waals surface area contributed by atoms with Crippen LogP contribution in [0.5, 0.6) is 0 Å². The van der Waals surface area contributed by atoms with E-state index in [9.17, 15) is 17.6 Å². The average Bonchev–Trinajstić information content (AvgIpc) is 2.71. The van der Waals surface area contributed by atoms with Crippen LogP contribution in [0.3, 0.4) is 0 Å². The zero-order valence-electron chi connectivity index (χ0n) is 9.43. The lowest BCUT2D eigenvalue weighted by atomic mass is 10.2. The smallest absolute Gasteiger partial charge is 0.330 e. The molecule has 0 saturated heterocycles. The number of likely N-dealkylation sites (N-methyl/N-ethyl adjacent to an activating group) is 1. The predicted molar refractivity (Wildman–Crippen MR) is 65.6 cm³/mol. The quantitative estimate of drug-likeness (QED) is 0.758. The van der Waals surface area contributed by atoms with Gasteiger partial charge in [0, 0.05) is 9.85 Å². The summed E-state index contributed by atoms with van der Waals surface area (Å²) in [5.41, 5.74) is 0.850. The molecule has 1 aromatic heterocycles. The molecule has 0 amide bonds. The van der Waals surface area contributed by atoms with Crippen LogP contribution in [0.2, 0.25) is 0 Å². The first-order valence-electron chi connectivity index (χ1n) is 5.01. The van der Waals surface area contributed by atoms with E-state index in [0.717, 1.165) is 10.0 Å². The van der Waals surface area contributed by atoms with Crippen LogP contribution in [0.25, 0.3) is 0 Å². The highest BCUT2D eigenvalue weighted by atomic mass is 79.9. The Balaban J connectivity index is 2.49. The van der Waals surface area contributed by atoms with Crippen LogP contribution in [0.4, 0.5) is 17.6 Å². The molecule has 0 aromatic carbocycles. The molecule has 0 saturated carbocycles. The number of thiophene rings is 1. The van der Waals surface area contributed by atoms with Gasteiger partial charge in [-0.25, -0.2) is 8.78 Å². The van der Waals surface area contributed by atoms with Crippen LogP contribution in [-0.4, -0.2) is 32.6 Å². The molecule has 0 aliphatic carbocycles. The minimum absolute atomic E-state index is 0.103. The molecule has 2 nitrogen and oxygen atoms in total. The Morgan fingerprint density at radius 2 is 2.11 bits per heavy atom. The van der Waals surface area contributed by atoms with Gasteiger partial charge in [-0.2, -0.15) is 20.1 Å². The van der Waals surface area contributed by atoms with Crippen molar-refractivity contribution in [1.29, 1.82) is 0 Å². The molecule has 0 spiro atoms. The molecule has 1 rings (SSSR count). The molecule has 0 radical (unpaired) electrons. The Hall–Kier alpha value is -0.180. The molecular formula is C10H12BrF4NOS. The van der Waals surface area contributed by atoms with E-state index >= 15 is 0 Å². The van der Waals surface area contributed by atoms with E-state index < -0.39 is 19.0 Å². The third kappa shape index (κ3) is 4.18. The largest absolute Gasteiger partial charge is 0.373 e. The highest BCUT2D eigenvalue weighted by Gasteiger charge is 2.41. The normalized spacial score (nSPS) is 14.2. The molecule has 0 aliphatic heterocycles. The summed E-state index contributed by atoms with van der Waals surface area (Å²) >= 11 is 4.75. The maximum Gasteiger partial charge on any atom is 0.330 e. The molecule has 8 heteroatoms. The van der Waals surface area contributed by atoms with Gasteiger partial charge < -0.3 is 10.1 Å². The van der Waals surface area contributed by atoms with Crippen molar-refractivity contribution in [2.45, 2.75) is 18.4 Å².